The van der Waals surface area contributed by atoms with E-state index in [0.717, 1.165) is 18.4 Å². The van der Waals surface area contributed by atoms with Crippen LogP contribution in [-0.4, -0.2) is 57.2 Å². The summed E-state index contributed by atoms with van der Waals surface area (Å²) in [7, 11) is 0. The molecule has 10 heteroatoms. The zero-order chi connectivity index (χ0) is 26.3. The molecule has 0 unspecified atom stereocenters. The Kier molecular flexibility index (Phi) is 6.63. The fourth-order valence-corrected chi connectivity index (χ4v) is 5.17. The van der Waals surface area contributed by atoms with E-state index in [1.807, 2.05) is 17.0 Å². The number of amides is 1. The van der Waals surface area contributed by atoms with Crippen LogP contribution in [0.4, 0.5) is 15.0 Å². The number of pyridine rings is 1. The summed E-state index contributed by atoms with van der Waals surface area (Å²) in [6.45, 7) is 6.55. The van der Waals surface area contributed by atoms with E-state index >= 15 is 4.39 Å². The Morgan fingerprint density at radius 1 is 1.24 bits per heavy atom. The smallest absolute Gasteiger partial charge is 0.410 e. The van der Waals surface area contributed by atoms with Crippen LogP contribution in [0.25, 0.3) is 22.2 Å². The summed E-state index contributed by atoms with van der Waals surface area (Å²) < 4.78 is 21.4. The van der Waals surface area contributed by atoms with Crippen LogP contribution in [0.5, 0.6) is 0 Å². The lowest BCUT2D eigenvalue weighted by Crippen LogP contribution is -2.56. The number of fused-ring (bicyclic) bond motifs is 1. The van der Waals surface area contributed by atoms with Gasteiger partial charge in [0.2, 0.25) is 0 Å². The molecule has 0 bridgehead atoms. The maximum absolute atomic E-state index is 15.9. The highest BCUT2D eigenvalue weighted by Gasteiger charge is 2.35. The number of nitriles is 1. The summed E-state index contributed by atoms with van der Waals surface area (Å²) in [6, 6.07) is 7.24. The van der Waals surface area contributed by atoms with Gasteiger partial charge in [-0.05, 0) is 51.2 Å². The average molecular weight is 523 g/mol. The van der Waals surface area contributed by atoms with Crippen molar-refractivity contribution in [2.75, 3.05) is 24.5 Å². The van der Waals surface area contributed by atoms with Crippen molar-refractivity contribution < 1.29 is 13.9 Å². The van der Waals surface area contributed by atoms with Gasteiger partial charge in [-0.1, -0.05) is 23.7 Å². The Labute approximate surface area is 220 Å². The number of ether oxygens (including phenoxy) is 1. The average Bonchev–Trinajstić information content (AvgIpc) is 3.68. The van der Waals surface area contributed by atoms with Crippen LogP contribution in [0, 0.1) is 17.1 Å². The van der Waals surface area contributed by atoms with E-state index in [1.54, 1.807) is 37.9 Å². The molecule has 1 aliphatic carbocycles. The van der Waals surface area contributed by atoms with E-state index in [4.69, 9.17) is 16.3 Å². The summed E-state index contributed by atoms with van der Waals surface area (Å²) in [5.41, 5.74) is 1.37. The Hall–Kier alpha value is -3.51. The molecule has 8 nitrogen and oxygen atoms in total. The molecule has 5 rings (SSSR count). The highest BCUT2D eigenvalue weighted by molar-refractivity contribution is 6.31. The van der Waals surface area contributed by atoms with E-state index in [-0.39, 0.29) is 17.6 Å². The molecule has 3 heterocycles. The second-order valence-electron chi connectivity index (χ2n) is 10.5. The number of nitrogens with zero attached hydrogens (tertiary/aromatic N) is 6. The minimum atomic E-state index is -0.641. The topological polar surface area (TPSA) is 95.2 Å². The first-order valence-corrected chi connectivity index (χ1v) is 12.7. The monoisotopic (exact) mass is 522 g/mol. The summed E-state index contributed by atoms with van der Waals surface area (Å²) in [4.78, 5) is 29.5. The molecule has 37 heavy (non-hydrogen) atoms. The molecule has 2 aliphatic rings. The van der Waals surface area contributed by atoms with Gasteiger partial charge in [0.05, 0.1) is 23.9 Å². The van der Waals surface area contributed by atoms with Crippen molar-refractivity contribution in [1.29, 1.82) is 5.26 Å². The molecule has 1 saturated carbocycles. The summed E-state index contributed by atoms with van der Waals surface area (Å²) >= 11 is 6.48. The highest BCUT2D eigenvalue weighted by atomic mass is 35.5. The number of hydrogen-bond acceptors (Lipinski definition) is 7. The first-order chi connectivity index (χ1) is 17.7. The molecular formula is C27H28ClFN6O2. The molecule has 0 N–H and O–H groups in total. The van der Waals surface area contributed by atoms with Gasteiger partial charge in [-0.15, -0.1) is 0 Å². The Bertz CT molecular complexity index is 1400. The molecule has 1 atom stereocenters. The lowest BCUT2D eigenvalue weighted by molar-refractivity contribution is 0.0145. The zero-order valence-electron chi connectivity index (χ0n) is 21.0. The third kappa shape index (κ3) is 5.03. The van der Waals surface area contributed by atoms with Gasteiger partial charge < -0.3 is 14.5 Å². The second-order valence-corrected chi connectivity index (χ2v) is 10.9. The van der Waals surface area contributed by atoms with Gasteiger partial charge >= 0.3 is 6.09 Å². The first-order valence-electron chi connectivity index (χ1n) is 12.4. The van der Waals surface area contributed by atoms with Crippen LogP contribution in [0.1, 0.15) is 51.5 Å². The maximum Gasteiger partial charge on any atom is 0.410 e. The van der Waals surface area contributed by atoms with E-state index in [1.165, 1.54) is 6.33 Å². The van der Waals surface area contributed by atoms with E-state index in [2.05, 4.69) is 21.0 Å². The normalized spacial score (nSPS) is 18.1. The molecule has 192 valence electrons. The largest absolute Gasteiger partial charge is 0.444 e. The van der Waals surface area contributed by atoms with Gasteiger partial charge in [-0.2, -0.15) is 5.26 Å². The molecule has 1 amide bonds. The third-order valence-corrected chi connectivity index (χ3v) is 6.96. The molecule has 1 saturated heterocycles. The van der Waals surface area contributed by atoms with Crippen LogP contribution < -0.4 is 4.90 Å². The van der Waals surface area contributed by atoms with E-state index in [0.29, 0.717) is 47.3 Å². The van der Waals surface area contributed by atoms with Crippen LogP contribution in [0.3, 0.4) is 0 Å². The van der Waals surface area contributed by atoms with Crippen LogP contribution >= 0.6 is 11.6 Å². The molecule has 0 radical (unpaired) electrons. The number of carbonyl (C=O) groups is 1. The molecular weight excluding hydrogens is 495 g/mol. The van der Waals surface area contributed by atoms with Gasteiger partial charge in [-0.3, -0.25) is 4.98 Å². The molecule has 2 fully saturated rings. The van der Waals surface area contributed by atoms with Crippen molar-refractivity contribution in [3.8, 4) is 17.3 Å². The van der Waals surface area contributed by atoms with Crippen molar-refractivity contribution in [1.82, 2.24) is 19.9 Å². The SMILES string of the molecule is CC(C)(C)OC(=O)N1CCN(c2ncnc3c(F)c(-c4cccc(Cl)c4C4CC4)ncc23)C[C@@H]1CC#N. The Balaban J connectivity index is 1.48. The van der Waals surface area contributed by atoms with Gasteiger partial charge in [0.1, 0.15) is 29.0 Å². The minimum absolute atomic E-state index is 0.133. The van der Waals surface area contributed by atoms with Crippen LogP contribution in [0.15, 0.2) is 30.7 Å². The number of benzene rings is 1. The summed E-state index contributed by atoms with van der Waals surface area (Å²) in [5.74, 6) is 0.314. The quantitative estimate of drug-likeness (QED) is 0.433. The van der Waals surface area contributed by atoms with Gasteiger partial charge in [0.25, 0.3) is 0 Å². The Morgan fingerprint density at radius 2 is 2.03 bits per heavy atom. The van der Waals surface area contributed by atoms with Crippen molar-refractivity contribution in [2.45, 2.75) is 57.6 Å². The molecule has 1 aliphatic heterocycles. The van der Waals surface area contributed by atoms with Crippen molar-refractivity contribution in [2.24, 2.45) is 0 Å². The second kappa shape index (κ2) is 9.75. The summed E-state index contributed by atoms with van der Waals surface area (Å²) in [6.07, 6.45) is 4.66. The number of carbonyl (C=O) groups excluding carboxylic acids is 1. The van der Waals surface area contributed by atoms with Gasteiger partial charge in [0, 0.05) is 36.4 Å². The fraction of sp³-hybridized carbons (Fsp3) is 0.444. The predicted octanol–water partition coefficient (Wildman–Crippen LogP) is 5.70. The fourth-order valence-electron chi connectivity index (χ4n) is 4.84. The summed E-state index contributed by atoms with van der Waals surface area (Å²) in [5, 5.41) is 10.5. The number of hydrogen-bond donors (Lipinski definition) is 0. The predicted molar refractivity (Wildman–Crippen MR) is 139 cm³/mol. The molecule has 0 spiro atoms. The first kappa shape index (κ1) is 25.2. The number of halogens is 2. The molecule has 2 aromatic heterocycles. The van der Waals surface area contributed by atoms with Crippen LogP contribution in [0.2, 0.25) is 5.02 Å². The number of aromatic nitrogens is 3. The molecule has 3 aromatic rings. The lowest BCUT2D eigenvalue weighted by Gasteiger charge is -2.41. The van der Waals surface area contributed by atoms with Crippen molar-refractivity contribution in [3.63, 3.8) is 0 Å². The zero-order valence-corrected chi connectivity index (χ0v) is 21.8. The van der Waals surface area contributed by atoms with Gasteiger partial charge in [-0.25, -0.2) is 19.2 Å². The van der Waals surface area contributed by atoms with E-state index in [9.17, 15) is 10.1 Å². The van der Waals surface area contributed by atoms with Crippen molar-refractivity contribution >= 4 is 34.4 Å². The maximum atomic E-state index is 15.9. The lowest BCUT2D eigenvalue weighted by atomic mass is 9.99. The minimum Gasteiger partial charge on any atom is -0.444 e. The molecule has 1 aromatic carbocycles. The number of piperazine rings is 1. The standard InChI is InChI=1S/C27H28ClFN6O2/c1-27(2,3)37-26(36)35-12-11-34(14-17(35)9-10-30)25-19-13-31-23(22(29)24(19)32-15-33-25)18-5-4-6-20(28)21(18)16-7-8-16/h4-6,13,15-17H,7-9,11-12,14H2,1-3H3/t17-/m0/s1. The highest BCUT2D eigenvalue weighted by Crippen LogP contribution is 2.48. The van der Waals surface area contributed by atoms with E-state index < -0.39 is 23.6 Å². The number of anilines is 1. The Morgan fingerprint density at radius 3 is 2.73 bits per heavy atom. The van der Waals surface area contributed by atoms with Gasteiger partial charge in [0.15, 0.2) is 5.82 Å². The van der Waals surface area contributed by atoms with Crippen molar-refractivity contribution in [3.05, 3.63) is 47.1 Å². The number of rotatable bonds is 4. The van der Waals surface area contributed by atoms with Crippen LogP contribution in [-0.2, 0) is 4.74 Å². The third-order valence-electron chi connectivity index (χ3n) is 6.63.